The number of carbonyl (C=O) groups is 3. The fraction of sp³-hybridized carbons (Fsp3) is 0.438. The normalized spacial score (nSPS) is 19.0. The van der Waals surface area contributed by atoms with Crippen LogP contribution in [-0.2, 0) is 16.0 Å². The van der Waals surface area contributed by atoms with Crippen molar-refractivity contribution in [3.63, 3.8) is 0 Å². The third-order valence-electron chi connectivity index (χ3n) is 3.91. The van der Waals surface area contributed by atoms with Gasteiger partial charge in [0.2, 0.25) is 0 Å². The Balaban J connectivity index is 2.08. The summed E-state index contributed by atoms with van der Waals surface area (Å²) in [6.45, 7) is 3.41. The van der Waals surface area contributed by atoms with Gasteiger partial charge < -0.3 is 5.32 Å². The van der Waals surface area contributed by atoms with Gasteiger partial charge in [-0.3, -0.25) is 14.8 Å². The summed E-state index contributed by atoms with van der Waals surface area (Å²) in [5.41, 5.74) is 2.60. The number of hydrogen-bond donors (Lipinski definition) is 3. The SMILES string of the molecule is CC(C)[C@H](C(=O)NO)N1C(=O)N[C@H](CCc2ccccc2)C1=O. The molecule has 4 amide bonds. The molecule has 1 aliphatic heterocycles. The van der Waals surface area contributed by atoms with E-state index in [1.807, 2.05) is 30.3 Å². The lowest BCUT2D eigenvalue weighted by Crippen LogP contribution is -2.52. The van der Waals surface area contributed by atoms with Crippen molar-refractivity contribution in [2.45, 2.75) is 38.8 Å². The van der Waals surface area contributed by atoms with Crippen LogP contribution in [0.25, 0.3) is 0 Å². The molecule has 7 heteroatoms. The van der Waals surface area contributed by atoms with Crippen LogP contribution in [0.1, 0.15) is 25.8 Å². The predicted molar refractivity (Wildman–Crippen MR) is 82.5 cm³/mol. The van der Waals surface area contributed by atoms with E-state index in [4.69, 9.17) is 5.21 Å². The number of benzene rings is 1. The maximum absolute atomic E-state index is 12.5. The summed E-state index contributed by atoms with van der Waals surface area (Å²) in [4.78, 5) is 37.3. The molecule has 0 bridgehead atoms. The summed E-state index contributed by atoms with van der Waals surface area (Å²) < 4.78 is 0. The lowest BCUT2D eigenvalue weighted by molar-refractivity contribution is -0.142. The van der Waals surface area contributed by atoms with Gasteiger partial charge in [0.05, 0.1) is 0 Å². The predicted octanol–water partition coefficient (Wildman–Crippen LogP) is 1.07. The Morgan fingerprint density at radius 2 is 1.96 bits per heavy atom. The molecule has 0 unspecified atom stereocenters. The van der Waals surface area contributed by atoms with Crippen LogP contribution in [0.5, 0.6) is 0 Å². The maximum Gasteiger partial charge on any atom is 0.325 e. The number of rotatable bonds is 6. The van der Waals surface area contributed by atoms with Crippen molar-refractivity contribution in [2.75, 3.05) is 0 Å². The molecular formula is C16H21N3O4. The Morgan fingerprint density at radius 1 is 1.30 bits per heavy atom. The first kappa shape index (κ1) is 17.0. The summed E-state index contributed by atoms with van der Waals surface area (Å²) in [6.07, 6.45) is 1.10. The first-order valence-corrected chi connectivity index (χ1v) is 7.57. The Bertz CT molecular complexity index is 588. The van der Waals surface area contributed by atoms with E-state index in [0.717, 1.165) is 10.5 Å². The van der Waals surface area contributed by atoms with Crippen molar-refractivity contribution in [3.05, 3.63) is 35.9 Å². The van der Waals surface area contributed by atoms with Gasteiger partial charge in [0, 0.05) is 0 Å². The van der Waals surface area contributed by atoms with Crippen LogP contribution in [0.15, 0.2) is 30.3 Å². The van der Waals surface area contributed by atoms with E-state index in [-0.39, 0.29) is 5.92 Å². The van der Waals surface area contributed by atoms with E-state index in [9.17, 15) is 14.4 Å². The van der Waals surface area contributed by atoms with Crippen LogP contribution < -0.4 is 10.8 Å². The zero-order valence-electron chi connectivity index (χ0n) is 13.2. The summed E-state index contributed by atoms with van der Waals surface area (Å²) >= 11 is 0. The van der Waals surface area contributed by atoms with Crippen molar-refractivity contribution in [1.29, 1.82) is 0 Å². The van der Waals surface area contributed by atoms with Crippen molar-refractivity contribution in [2.24, 2.45) is 5.92 Å². The lowest BCUT2D eigenvalue weighted by Gasteiger charge is -2.26. The molecule has 2 rings (SSSR count). The third-order valence-corrected chi connectivity index (χ3v) is 3.91. The molecule has 124 valence electrons. The lowest BCUT2D eigenvalue weighted by atomic mass is 10.0. The summed E-state index contributed by atoms with van der Waals surface area (Å²) in [5.74, 6) is -1.52. The molecule has 1 aliphatic rings. The molecule has 0 spiro atoms. The highest BCUT2D eigenvalue weighted by molar-refractivity contribution is 6.07. The highest BCUT2D eigenvalue weighted by atomic mass is 16.5. The van der Waals surface area contributed by atoms with Crippen LogP contribution >= 0.6 is 0 Å². The van der Waals surface area contributed by atoms with Crippen molar-refractivity contribution >= 4 is 17.8 Å². The smallest absolute Gasteiger partial charge is 0.325 e. The van der Waals surface area contributed by atoms with Crippen LogP contribution in [-0.4, -0.2) is 40.0 Å². The second kappa shape index (κ2) is 7.23. The fourth-order valence-corrected chi connectivity index (χ4v) is 2.75. The zero-order valence-corrected chi connectivity index (χ0v) is 13.2. The van der Waals surface area contributed by atoms with Crippen LogP contribution in [0, 0.1) is 5.92 Å². The average Bonchev–Trinajstić information content (AvgIpc) is 2.81. The minimum Gasteiger partial charge on any atom is -0.326 e. The van der Waals surface area contributed by atoms with E-state index >= 15 is 0 Å². The summed E-state index contributed by atoms with van der Waals surface area (Å²) in [6, 6.07) is 7.35. The van der Waals surface area contributed by atoms with Gasteiger partial charge in [-0.15, -0.1) is 0 Å². The second-order valence-corrected chi connectivity index (χ2v) is 5.90. The topological polar surface area (TPSA) is 98.7 Å². The molecule has 0 radical (unpaired) electrons. The number of carbonyl (C=O) groups excluding carboxylic acids is 3. The number of nitrogens with zero attached hydrogens (tertiary/aromatic N) is 1. The number of imide groups is 1. The van der Waals surface area contributed by atoms with Crippen molar-refractivity contribution in [3.8, 4) is 0 Å². The quantitative estimate of drug-likeness (QED) is 0.415. The van der Waals surface area contributed by atoms with Gasteiger partial charge in [-0.1, -0.05) is 44.2 Å². The molecular weight excluding hydrogens is 298 g/mol. The number of hydroxylamine groups is 1. The van der Waals surface area contributed by atoms with Gasteiger partial charge in [-0.25, -0.2) is 15.2 Å². The zero-order chi connectivity index (χ0) is 17.0. The molecule has 2 atom stereocenters. The number of amides is 4. The Morgan fingerprint density at radius 3 is 2.52 bits per heavy atom. The van der Waals surface area contributed by atoms with E-state index in [0.29, 0.717) is 12.8 Å². The third kappa shape index (κ3) is 3.68. The minimum atomic E-state index is -1.03. The molecule has 1 aromatic carbocycles. The maximum atomic E-state index is 12.5. The standard InChI is InChI=1S/C16H21N3O4/c1-10(2)13(14(20)18-23)19-15(21)12(17-16(19)22)9-8-11-6-4-3-5-7-11/h3-7,10,12-13,23H,8-9H2,1-2H3,(H,17,22)(H,18,20)/t12-,13-/m1/s1. The minimum absolute atomic E-state index is 0.315. The van der Waals surface area contributed by atoms with Crippen LogP contribution in [0.2, 0.25) is 0 Å². The van der Waals surface area contributed by atoms with E-state index in [1.54, 1.807) is 13.8 Å². The number of nitrogens with one attached hydrogen (secondary N) is 2. The number of hydrogen-bond acceptors (Lipinski definition) is 4. The van der Waals surface area contributed by atoms with Crippen LogP contribution in [0.4, 0.5) is 4.79 Å². The number of urea groups is 1. The van der Waals surface area contributed by atoms with Gasteiger partial charge >= 0.3 is 6.03 Å². The molecule has 0 aliphatic carbocycles. The van der Waals surface area contributed by atoms with Gasteiger partial charge in [0.25, 0.3) is 11.8 Å². The first-order valence-electron chi connectivity index (χ1n) is 7.57. The van der Waals surface area contributed by atoms with Gasteiger partial charge in [0.15, 0.2) is 0 Å². The largest absolute Gasteiger partial charge is 0.326 e. The summed E-state index contributed by atoms with van der Waals surface area (Å²) in [5, 5.41) is 11.4. The molecule has 0 aromatic heterocycles. The van der Waals surface area contributed by atoms with Gasteiger partial charge in [-0.2, -0.15) is 0 Å². The molecule has 7 nitrogen and oxygen atoms in total. The molecule has 1 saturated heterocycles. The van der Waals surface area contributed by atoms with E-state index < -0.39 is 29.9 Å². The molecule has 1 heterocycles. The van der Waals surface area contributed by atoms with Gasteiger partial charge in [-0.05, 0) is 24.3 Å². The second-order valence-electron chi connectivity index (χ2n) is 5.90. The molecule has 1 fully saturated rings. The molecule has 1 aromatic rings. The van der Waals surface area contributed by atoms with Crippen molar-refractivity contribution in [1.82, 2.24) is 15.7 Å². The monoisotopic (exact) mass is 319 g/mol. The number of aryl methyl sites for hydroxylation is 1. The highest BCUT2D eigenvalue weighted by Crippen LogP contribution is 2.20. The van der Waals surface area contributed by atoms with Gasteiger partial charge in [0.1, 0.15) is 12.1 Å². The molecule has 0 saturated carbocycles. The average molecular weight is 319 g/mol. The fourth-order valence-electron chi connectivity index (χ4n) is 2.75. The van der Waals surface area contributed by atoms with Crippen LogP contribution in [0.3, 0.4) is 0 Å². The van der Waals surface area contributed by atoms with E-state index in [2.05, 4.69) is 5.32 Å². The Kier molecular flexibility index (Phi) is 5.33. The van der Waals surface area contributed by atoms with E-state index in [1.165, 1.54) is 5.48 Å². The first-order chi connectivity index (χ1) is 11.0. The Labute approximate surface area is 134 Å². The Hall–Kier alpha value is -2.41. The van der Waals surface area contributed by atoms with Crippen molar-refractivity contribution < 1.29 is 19.6 Å². The molecule has 3 N–H and O–H groups in total. The molecule has 23 heavy (non-hydrogen) atoms. The highest BCUT2D eigenvalue weighted by Gasteiger charge is 2.45. The summed E-state index contributed by atoms with van der Waals surface area (Å²) in [7, 11) is 0.